The minimum absolute atomic E-state index is 0.0528. The van der Waals surface area contributed by atoms with Crippen LogP contribution in [0, 0.1) is 23.5 Å². The second kappa shape index (κ2) is 6.13. The lowest BCUT2D eigenvalue weighted by molar-refractivity contribution is 0.00907. The van der Waals surface area contributed by atoms with Crippen LogP contribution in [0.5, 0.6) is 5.75 Å². The summed E-state index contributed by atoms with van der Waals surface area (Å²) in [4.78, 5) is 39.9. The smallest absolute Gasteiger partial charge is 0.275 e. The maximum absolute atomic E-state index is 13.8. The van der Waals surface area contributed by atoms with Crippen molar-refractivity contribution < 1.29 is 23.5 Å². The molecule has 30 heavy (non-hydrogen) atoms. The van der Waals surface area contributed by atoms with Gasteiger partial charge < -0.3 is 19.9 Å². The van der Waals surface area contributed by atoms with Crippen LogP contribution in [0.25, 0.3) is 0 Å². The number of rotatable bonds is 3. The van der Waals surface area contributed by atoms with Crippen molar-refractivity contribution in [2.75, 3.05) is 6.54 Å². The zero-order chi connectivity index (χ0) is 21.4. The van der Waals surface area contributed by atoms with Crippen LogP contribution in [0.4, 0.5) is 8.78 Å². The molecule has 2 saturated heterocycles. The Balaban J connectivity index is 1.46. The predicted molar refractivity (Wildman–Crippen MR) is 101 cm³/mol. The number of amides is 2. The standard InChI is InChI=1S/C21H19F2N3O4/c1-10-12-5-21(10)9-25-8-14(17(27)18(28)16(25)20(30)26(21)7-12)19(29)24-6-11-2-3-13(22)4-15(11)23/h2-4,8,10,12,28H,5-7,9H2,1H3,(H,24,29). The van der Waals surface area contributed by atoms with E-state index < -0.39 is 34.6 Å². The third kappa shape index (κ3) is 2.37. The summed E-state index contributed by atoms with van der Waals surface area (Å²) in [5.41, 5.74) is -1.69. The number of carbonyl (C=O) groups is 2. The van der Waals surface area contributed by atoms with Gasteiger partial charge in [0.2, 0.25) is 5.43 Å². The van der Waals surface area contributed by atoms with Crippen LogP contribution in [0.2, 0.25) is 0 Å². The van der Waals surface area contributed by atoms with Crippen LogP contribution >= 0.6 is 0 Å². The SMILES string of the molecule is CC1C2CN3C(=O)c4c(O)c(=O)c(C(=O)NCc5ccc(F)cc5F)cn4CC13C2. The molecule has 6 rings (SSSR count). The van der Waals surface area contributed by atoms with Crippen LogP contribution in [0.15, 0.2) is 29.2 Å². The molecule has 2 amide bonds. The minimum Gasteiger partial charge on any atom is -0.503 e. The second-order valence-electron chi connectivity index (χ2n) is 8.39. The van der Waals surface area contributed by atoms with Crippen molar-refractivity contribution in [3.8, 4) is 5.75 Å². The molecule has 0 radical (unpaired) electrons. The summed E-state index contributed by atoms with van der Waals surface area (Å²) >= 11 is 0. The van der Waals surface area contributed by atoms with Crippen LogP contribution in [-0.4, -0.2) is 38.5 Å². The number of benzene rings is 1. The summed E-state index contributed by atoms with van der Waals surface area (Å²) in [5, 5.41) is 12.8. The highest BCUT2D eigenvalue weighted by atomic mass is 19.1. The number of pyridine rings is 1. The fourth-order valence-electron chi connectivity index (χ4n) is 5.19. The van der Waals surface area contributed by atoms with E-state index in [1.807, 2.05) is 0 Å². The lowest BCUT2D eigenvalue weighted by Crippen LogP contribution is -2.60. The van der Waals surface area contributed by atoms with E-state index in [-0.39, 0.29) is 28.9 Å². The Labute approximate surface area is 169 Å². The van der Waals surface area contributed by atoms with E-state index in [2.05, 4.69) is 12.2 Å². The summed E-state index contributed by atoms with van der Waals surface area (Å²) in [7, 11) is 0. The van der Waals surface area contributed by atoms with E-state index in [1.165, 1.54) is 16.8 Å². The Morgan fingerprint density at radius 2 is 2.10 bits per heavy atom. The highest BCUT2D eigenvalue weighted by Gasteiger charge is 2.65. The molecule has 3 atom stereocenters. The molecular weight excluding hydrogens is 396 g/mol. The summed E-state index contributed by atoms with van der Waals surface area (Å²) in [6, 6.07) is 2.96. The highest BCUT2D eigenvalue weighted by Crippen LogP contribution is 2.57. The molecule has 1 aromatic heterocycles. The number of aromatic nitrogens is 1. The first kappa shape index (κ1) is 18.8. The van der Waals surface area contributed by atoms with E-state index in [1.54, 1.807) is 4.90 Å². The Morgan fingerprint density at radius 1 is 1.33 bits per heavy atom. The van der Waals surface area contributed by atoms with E-state index in [9.17, 15) is 28.3 Å². The Kier molecular flexibility index (Phi) is 3.84. The molecule has 7 nitrogen and oxygen atoms in total. The first-order chi connectivity index (χ1) is 14.2. The Bertz CT molecular complexity index is 1180. The normalized spacial score (nSPS) is 26.1. The van der Waals surface area contributed by atoms with E-state index >= 15 is 0 Å². The first-order valence-electron chi connectivity index (χ1n) is 9.73. The molecule has 156 valence electrons. The van der Waals surface area contributed by atoms with Crippen molar-refractivity contribution in [1.29, 1.82) is 0 Å². The van der Waals surface area contributed by atoms with Gasteiger partial charge in [0.15, 0.2) is 11.4 Å². The predicted octanol–water partition coefficient (Wildman–Crippen LogP) is 1.63. The summed E-state index contributed by atoms with van der Waals surface area (Å²) in [6.07, 6.45) is 2.15. The van der Waals surface area contributed by atoms with Crippen molar-refractivity contribution >= 4 is 11.8 Å². The Morgan fingerprint density at radius 3 is 2.80 bits per heavy atom. The molecule has 1 aliphatic carbocycles. The molecule has 4 aliphatic rings. The minimum atomic E-state index is -0.956. The maximum atomic E-state index is 13.8. The number of hydrogen-bond donors (Lipinski definition) is 2. The molecule has 9 heteroatoms. The molecule has 3 aliphatic heterocycles. The summed E-state index contributed by atoms with van der Waals surface area (Å²) in [6.45, 7) is 2.83. The fraction of sp³-hybridized carbons (Fsp3) is 0.381. The van der Waals surface area contributed by atoms with Gasteiger partial charge in [-0.1, -0.05) is 13.0 Å². The van der Waals surface area contributed by atoms with E-state index in [4.69, 9.17) is 0 Å². The molecule has 3 unspecified atom stereocenters. The van der Waals surface area contributed by atoms with Gasteiger partial charge in [0.05, 0.1) is 5.54 Å². The molecule has 4 heterocycles. The van der Waals surface area contributed by atoms with Crippen LogP contribution in [-0.2, 0) is 13.1 Å². The summed E-state index contributed by atoms with van der Waals surface area (Å²) < 4.78 is 28.3. The monoisotopic (exact) mass is 415 g/mol. The number of nitrogens with one attached hydrogen (secondary N) is 1. The number of aromatic hydroxyl groups is 1. The highest BCUT2D eigenvalue weighted by molar-refractivity contribution is 5.99. The maximum Gasteiger partial charge on any atom is 0.275 e. The largest absolute Gasteiger partial charge is 0.503 e. The zero-order valence-electron chi connectivity index (χ0n) is 16.1. The molecule has 1 aromatic carbocycles. The third-order valence-corrected chi connectivity index (χ3v) is 6.97. The van der Waals surface area contributed by atoms with E-state index in [0.29, 0.717) is 31.0 Å². The van der Waals surface area contributed by atoms with Crippen molar-refractivity contribution in [3.05, 3.63) is 63.1 Å². The molecule has 1 spiro atoms. The topological polar surface area (TPSA) is 91.6 Å². The van der Waals surface area contributed by atoms with Gasteiger partial charge in [-0.15, -0.1) is 0 Å². The fourth-order valence-corrected chi connectivity index (χ4v) is 5.19. The second-order valence-corrected chi connectivity index (χ2v) is 8.39. The molecule has 2 aromatic rings. The van der Waals surface area contributed by atoms with Crippen LogP contribution < -0.4 is 10.7 Å². The third-order valence-electron chi connectivity index (χ3n) is 6.97. The van der Waals surface area contributed by atoms with Gasteiger partial charge in [0, 0.05) is 37.5 Å². The number of halogens is 2. The number of hydrogen-bond acceptors (Lipinski definition) is 4. The summed E-state index contributed by atoms with van der Waals surface area (Å²) in [5.74, 6) is -2.82. The van der Waals surface area contributed by atoms with Crippen molar-refractivity contribution in [1.82, 2.24) is 14.8 Å². The Hall–Kier alpha value is -3.23. The number of carbonyl (C=O) groups excluding carboxylic acids is 2. The first-order valence-corrected chi connectivity index (χ1v) is 9.73. The van der Waals surface area contributed by atoms with Gasteiger partial charge >= 0.3 is 0 Å². The molecular formula is C21H19F2N3O4. The average Bonchev–Trinajstić information content (AvgIpc) is 3.23. The van der Waals surface area contributed by atoms with Crippen molar-refractivity contribution in [2.45, 2.75) is 32.0 Å². The van der Waals surface area contributed by atoms with Gasteiger partial charge in [0.25, 0.3) is 11.8 Å². The van der Waals surface area contributed by atoms with Gasteiger partial charge in [-0.2, -0.15) is 0 Å². The molecule has 1 saturated carbocycles. The average molecular weight is 415 g/mol. The quantitative estimate of drug-likeness (QED) is 0.797. The lowest BCUT2D eigenvalue weighted by Gasteiger charge is -2.51. The van der Waals surface area contributed by atoms with Gasteiger partial charge in [0.1, 0.15) is 17.2 Å². The number of fused-ring (bicyclic) bond motifs is 1. The van der Waals surface area contributed by atoms with Crippen molar-refractivity contribution in [2.24, 2.45) is 11.8 Å². The van der Waals surface area contributed by atoms with Crippen LogP contribution in [0.1, 0.15) is 39.8 Å². The zero-order valence-corrected chi connectivity index (χ0v) is 16.1. The molecule has 2 bridgehead atoms. The van der Waals surface area contributed by atoms with Gasteiger partial charge in [-0.3, -0.25) is 14.4 Å². The van der Waals surface area contributed by atoms with Crippen LogP contribution in [0.3, 0.4) is 0 Å². The van der Waals surface area contributed by atoms with Crippen molar-refractivity contribution in [3.63, 3.8) is 0 Å². The lowest BCUT2D eigenvalue weighted by atomic mass is 9.63. The van der Waals surface area contributed by atoms with Gasteiger partial charge in [-0.05, 0) is 24.3 Å². The molecule has 2 N–H and O–H groups in total. The number of nitrogens with zero attached hydrogens (tertiary/aromatic N) is 2. The van der Waals surface area contributed by atoms with Gasteiger partial charge in [-0.25, -0.2) is 8.78 Å². The van der Waals surface area contributed by atoms with E-state index in [0.717, 1.165) is 12.5 Å². The molecule has 3 fully saturated rings.